The van der Waals surface area contributed by atoms with Crippen LogP contribution in [0.3, 0.4) is 0 Å². The van der Waals surface area contributed by atoms with Crippen LogP contribution in [0.1, 0.15) is 83.5 Å². The number of rotatable bonds is 19. The standard InChI is InChI=1S/C35H50O14/c1-6-9-17-40-20-24-25(46-32(38)23-15-13-12-14-16-23)26(30(41-18-10-7-2)34(45-24)42-19-11-8-3)48-35-31(44-22(5)37)28-27(43-21(4)36)29(49-35)33(39)47-28/h12-16,24-31,34-35H,6-11,17-20H2,1-5H3/t24?,25-,26?,27-,28?,29?,30?,31?,34+,35+/m0/s1. The molecule has 49 heavy (non-hydrogen) atoms. The van der Waals surface area contributed by atoms with Crippen molar-refractivity contribution in [3.05, 3.63) is 35.9 Å². The second-order valence-electron chi connectivity index (χ2n) is 12.2. The molecular formula is C35H50O14. The topological polar surface area (TPSA) is 161 Å². The van der Waals surface area contributed by atoms with Gasteiger partial charge < -0.3 is 47.4 Å². The molecule has 0 N–H and O–H groups in total. The maximum Gasteiger partial charge on any atom is 0.340 e. The van der Waals surface area contributed by atoms with Gasteiger partial charge in [0, 0.05) is 33.7 Å². The van der Waals surface area contributed by atoms with Crippen molar-refractivity contribution >= 4 is 23.9 Å². The van der Waals surface area contributed by atoms with Crippen LogP contribution in [0, 0.1) is 0 Å². The summed E-state index contributed by atoms with van der Waals surface area (Å²) < 4.78 is 60.3. The molecule has 0 radical (unpaired) electrons. The Morgan fingerprint density at radius 3 is 1.98 bits per heavy atom. The number of hydrogen-bond acceptors (Lipinski definition) is 14. The van der Waals surface area contributed by atoms with Gasteiger partial charge in [-0.3, -0.25) is 9.59 Å². The molecule has 2 bridgehead atoms. The Morgan fingerprint density at radius 2 is 1.33 bits per heavy atom. The van der Waals surface area contributed by atoms with Gasteiger partial charge >= 0.3 is 23.9 Å². The number of ether oxygens (including phenoxy) is 10. The number of esters is 4. The van der Waals surface area contributed by atoms with Crippen LogP contribution in [0.4, 0.5) is 0 Å². The van der Waals surface area contributed by atoms with Gasteiger partial charge in [0.1, 0.15) is 18.3 Å². The molecule has 6 unspecified atom stereocenters. The van der Waals surface area contributed by atoms with Crippen LogP contribution in [-0.2, 0) is 61.8 Å². The Balaban J connectivity index is 1.74. The van der Waals surface area contributed by atoms with Crippen LogP contribution in [0.5, 0.6) is 0 Å². The van der Waals surface area contributed by atoms with Crippen molar-refractivity contribution in [2.24, 2.45) is 0 Å². The van der Waals surface area contributed by atoms with E-state index in [1.165, 1.54) is 13.8 Å². The van der Waals surface area contributed by atoms with Gasteiger partial charge in [-0.15, -0.1) is 0 Å². The lowest BCUT2D eigenvalue weighted by Crippen LogP contribution is -2.65. The summed E-state index contributed by atoms with van der Waals surface area (Å²) in [4.78, 5) is 50.7. The molecule has 3 saturated heterocycles. The first-order chi connectivity index (χ1) is 23.7. The van der Waals surface area contributed by atoms with Crippen molar-refractivity contribution in [1.82, 2.24) is 0 Å². The normalized spacial score (nSPS) is 30.8. The highest BCUT2D eigenvalue weighted by atomic mass is 16.8. The molecular weight excluding hydrogens is 644 g/mol. The molecule has 14 nitrogen and oxygen atoms in total. The maximum absolute atomic E-state index is 13.6. The first-order valence-electron chi connectivity index (χ1n) is 17.3. The van der Waals surface area contributed by atoms with Crippen molar-refractivity contribution in [2.45, 2.75) is 135 Å². The van der Waals surface area contributed by atoms with Crippen LogP contribution < -0.4 is 0 Å². The molecule has 1 aromatic carbocycles. The molecule has 3 fully saturated rings. The van der Waals surface area contributed by atoms with Crippen molar-refractivity contribution in [3.8, 4) is 0 Å². The first kappa shape index (κ1) is 38.7. The van der Waals surface area contributed by atoms with Gasteiger partial charge in [-0.1, -0.05) is 58.2 Å². The van der Waals surface area contributed by atoms with Gasteiger partial charge in [-0.05, 0) is 31.4 Å². The molecule has 3 aliphatic heterocycles. The van der Waals surface area contributed by atoms with E-state index in [4.69, 9.17) is 47.4 Å². The minimum Gasteiger partial charge on any atom is -0.455 e. The fourth-order valence-electron chi connectivity index (χ4n) is 5.78. The van der Waals surface area contributed by atoms with E-state index in [-0.39, 0.29) is 6.61 Å². The molecule has 10 atom stereocenters. The SMILES string of the molecule is CCCCOCC1O[C@@H](OCCCC)C(OCCCC)C(O[C@@H]2OC3C(=O)OC(C2OC(C)=O)[C@@H]3OC(C)=O)[C@H]1OC(=O)c1ccccc1. The maximum atomic E-state index is 13.6. The zero-order valence-electron chi connectivity index (χ0n) is 28.9. The van der Waals surface area contributed by atoms with E-state index in [0.29, 0.717) is 31.8 Å². The van der Waals surface area contributed by atoms with E-state index in [2.05, 4.69) is 0 Å². The number of carbonyl (C=O) groups excluding carboxylic acids is 4. The molecule has 4 rings (SSSR count). The molecule has 0 saturated carbocycles. The molecule has 0 spiro atoms. The lowest BCUT2D eigenvalue weighted by Gasteiger charge is -2.47. The average Bonchev–Trinajstić information content (AvgIpc) is 3.29. The van der Waals surface area contributed by atoms with Gasteiger partial charge in [-0.25, -0.2) is 9.59 Å². The second-order valence-corrected chi connectivity index (χ2v) is 12.2. The Hall–Kier alpha value is -3.14. The monoisotopic (exact) mass is 694 g/mol. The summed E-state index contributed by atoms with van der Waals surface area (Å²) in [5, 5.41) is 0. The Labute approximate surface area is 287 Å². The Morgan fingerprint density at radius 1 is 0.694 bits per heavy atom. The molecule has 0 aliphatic carbocycles. The summed E-state index contributed by atoms with van der Waals surface area (Å²) in [7, 11) is 0. The van der Waals surface area contributed by atoms with E-state index in [9.17, 15) is 19.2 Å². The van der Waals surface area contributed by atoms with Crippen LogP contribution in [0.2, 0.25) is 0 Å². The highest BCUT2D eigenvalue weighted by molar-refractivity contribution is 5.89. The second kappa shape index (κ2) is 19.3. The van der Waals surface area contributed by atoms with Gasteiger partial charge in [0.05, 0.1) is 12.2 Å². The Bertz CT molecular complexity index is 1210. The number of benzene rings is 1. The molecule has 3 heterocycles. The van der Waals surface area contributed by atoms with E-state index >= 15 is 0 Å². The predicted molar refractivity (Wildman–Crippen MR) is 170 cm³/mol. The van der Waals surface area contributed by atoms with Crippen LogP contribution >= 0.6 is 0 Å². The first-order valence-corrected chi connectivity index (χ1v) is 17.3. The van der Waals surface area contributed by atoms with Gasteiger partial charge in [0.2, 0.25) is 0 Å². The third-order valence-electron chi connectivity index (χ3n) is 8.23. The molecule has 0 aromatic heterocycles. The zero-order chi connectivity index (χ0) is 35.3. The van der Waals surface area contributed by atoms with Gasteiger partial charge in [-0.2, -0.15) is 0 Å². The summed E-state index contributed by atoms with van der Waals surface area (Å²) in [6.07, 6.45) is -6.80. The van der Waals surface area contributed by atoms with Crippen molar-refractivity contribution in [3.63, 3.8) is 0 Å². The van der Waals surface area contributed by atoms with Crippen molar-refractivity contribution in [2.75, 3.05) is 26.4 Å². The Kier molecular flexibility index (Phi) is 15.2. The van der Waals surface area contributed by atoms with Gasteiger partial charge in [0.15, 0.2) is 43.1 Å². The number of fused-ring (bicyclic) bond motifs is 2. The predicted octanol–water partition coefficient (Wildman–Crippen LogP) is 3.65. The largest absolute Gasteiger partial charge is 0.455 e. The highest BCUT2D eigenvalue weighted by Crippen LogP contribution is 2.38. The summed E-state index contributed by atoms with van der Waals surface area (Å²) in [5.74, 6) is -2.85. The lowest BCUT2D eigenvalue weighted by atomic mass is 9.96. The molecule has 3 aliphatic rings. The van der Waals surface area contributed by atoms with Crippen molar-refractivity contribution in [1.29, 1.82) is 0 Å². The summed E-state index contributed by atoms with van der Waals surface area (Å²) in [5.41, 5.74) is 0.296. The smallest absolute Gasteiger partial charge is 0.340 e. The number of unbranched alkanes of at least 4 members (excludes halogenated alkanes) is 3. The van der Waals surface area contributed by atoms with E-state index in [1.54, 1.807) is 30.3 Å². The molecule has 1 aromatic rings. The minimum absolute atomic E-state index is 0.0299. The summed E-state index contributed by atoms with van der Waals surface area (Å²) >= 11 is 0. The van der Waals surface area contributed by atoms with E-state index < -0.39 is 85.3 Å². The minimum atomic E-state index is -1.44. The van der Waals surface area contributed by atoms with Crippen molar-refractivity contribution < 1.29 is 66.5 Å². The summed E-state index contributed by atoms with van der Waals surface area (Å²) in [6, 6.07) is 8.46. The van der Waals surface area contributed by atoms with E-state index in [1.807, 2.05) is 20.8 Å². The van der Waals surface area contributed by atoms with Crippen LogP contribution in [0.15, 0.2) is 30.3 Å². The number of carbonyl (C=O) groups is 4. The average molecular weight is 695 g/mol. The lowest BCUT2D eigenvalue weighted by molar-refractivity contribution is -0.353. The zero-order valence-corrected chi connectivity index (χ0v) is 28.9. The quantitative estimate of drug-likeness (QED) is 0.117. The molecule has 0 amide bonds. The summed E-state index contributed by atoms with van der Waals surface area (Å²) in [6.45, 7) is 9.58. The number of hydrogen-bond donors (Lipinski definition) is 0. The fraction of sp³-hybridized carbons (Fsp3) is 0.714. The molecule has 274 valence electrons. The van der Waals surface area contributed by atoms with Crippen LogP contribution in [-0.4, -0.2) is 112 Å². The third-order valence-corrected chi connectivity index (χ3v) is 8.23. The fourth-order valence-corrected chi connectivity index (χ4v) is 5.78. The van der Waals surface area contributed by atoms with Crippen LogP contribution in [0.25, 0.3) is 0 Å². The third kappa shape index (κ3) is 10.4. The van der Waals surface area contributed by atoms with E-state index in [0.717, 1.165) is 32.1 Å². The van der Waals surface area contributed by atoms with Gasteiger partial charge in [0.25, 0.3) is 0 Å². The highest BCUT2D eigenvalue weighted by Gasteiger charge is 2.62. The molecule has 14 heteroatoms.